The summed E-state index contributed by atoms with van der Waals surface area (Å²) in [6.07, 6.45) is 6.11. The van der Waals surface area contributed by atoms with Crippen molar-refractivity contribution in [1.82, 2.24) is 14.4 Å². The number of carbonyl (C=O) groups excluding carboxylic acids is 3. The topological polar surface area (TPSA) is 116 Å². The molecule has 0 unspecified atom stereocenters. The molecule has 1 aliphatic carbocycles. The van der Waals surface area contributed by atoms with Gasteiger partial charge in [-0.3, -0.25) is 24.0 Å². The van der Waals surface area contributed by atoms with Crippen molar-refractivity contribution in [2.24, 2.45) is 0 Å². The van der Waals surface area contributed by atoms with Gasteiger partial charge < -0.3 is 19.9 Å². The maximum atomic E-state index is 13.7. The molecule has 0 atom stereocenters. The van der Waals surface area contributed by atoms with Crippen molar-refractivity contribution in [2.75, 3.05) is 45.7 Å². The van der Waals surface area contributed by atoms with E-state index in [1.54, 1.807) is 48.1 Å². The highest BCUT2D eigenvalue weighted by Crippen LogP contribution is 2.32. The molecule has 12 heteroatoms. The van der Waals surface area contributed by atoms with Crippen molar-refractivity contribution >= 4 is 62.0 Å². The zero-order valence-corrected chi connectivity index (χ0v) is 35.8. The SMILES string of the molecule is CCN(Cc1cc(C(=O)OCCN(CCOC(=O)Cc2c(C)n(C(=O)c3ccc(Cl)cc3)c3ccc(OC)cc23)Cc2ccccc2)cc(Br)c1N)C1CCCCC1. The Morgan fingerprint density at radius 3 is 2.28 bits per heavy atom. The first-order chi connectivity index (χ1) is 28.1. The summed E-state index contributed by atoms with van der Waals surface area (Å²) in [5.74, 6) is -0.472. The number of halogens is 2. The molecule has 0 aliphatic heterocycles. The summed E-state index contributed by atoms with van der Waals surface area (Å²) in [5, 5.41) is 1.27. The maximum Gasteiger partial charge on any atom is 0.338 e. The molecule has 1 saturated carbocycles. The predicted octanol–water partition coefficient (Wildman–Crippen LogP) is 9.24. The average Bonchev–Trinajstić information content (AvgIpc) is 3.50. The van der Waals surface area contributed by atoms with Crippen molar-refractivity contribution in [3.05, 3.63) is 128 Å². The smallest absolute Gasteiger partial charge is 0.338 e. The summed E-state index contributed by atoms with van der Waals surface area (Å²) in [7, 11) is 1.58. The number of nitrogens with two attached hydrogens (primary N) is 1. The Hall–Kier alpha value is -4.68. The number of benzene rings is 4. The van der Waals surface area contributed by atoms with Gasteiger partial charge >= 0.3 is 11.9 Å². The molecule has 0 amide bonds. The van der Waals surface area contributed by atoms with Crippen LogP contribution in [0.15, 0.2) is 89.4 Å². The van der Waals surface area contributed by atoms with Crippen molar-refractivity contribution < 1.29 is 28.6 Å². The summed E-state index contributed by atoms with van der Waals surface area (Å²) in [5.41, 5.74) is 12.0. The molecule has 4 aromatic carbocycles. The van der Waals surface area contributed by atoms with Gasteiger partial charge in [0.15, 0.2) is 0 Å². The van der Waals surface area contributed by atoms with Gasteiger partial charge in [-0.1, -0.05) is 68.1 Å². The highest BCUT2D eigenvalue weighted by molar-refractivity contribution is 9.10. The van der Waals surface area contributed by atoms with Crippen LogP contribution in [0.3, 0.4) is 0 Å². The number of methoxy groups -OCH3 is 1. The molecule has 0 saturated heterocycles. The van der Waals surface area contributed by atoms with Crippen molar-refractivity contribution in [3.63, 3.8) is 0 Å². The summed E-state index contributed by atoms with van der Waals surface area (Å²) < 4.78 is 19.4. The predicted molar refractivity (Wildman–Crippen MR) is 233 cm³/mol. The molecule has 10 nitrogen and oxygen atoms in total. The lowest BCUT2D eigenvalue weighted by atomic mass is 9.93. The van der Waals surface area contributed by atoms with Gasteiger partial charge in [0.05, 0.1) is 30.3 Å². The lowest BCUT2D eigenvalue weighted by Crippen LogP contribution is -2.36. The zero-order valence-electron chi connectivity index (χ0n) is 33.5. The van der Waals surface area contributed by atoms with Gasteiger partial charge in [0.25, 0.3) is 5.91 Å². The second kappa shape index (κ2) is 20.3. The van der Waals surface area contributed by atoms with E-state index >= 15 is 0 Å². The molecule has 0 radical (unpaired) electrons. The lowest BCUT2D eigenvalue weighted by Gasteiger charge is -2.34. The molecular weight excluding hydrogens is 820 g/mol. The number of carbonyl (C=O) groups is 3. The monoisotopic (exact) mass is 870 g/mol. The number of nitrogens with zero attached hydrogens (tertiary/aromatic N) is 3. The van der Waals surface area contributed by atoms with Gasteiger partial charge in [0, 0.05) is 58.4 Å². The minimum absolute atomic E-state index is 0.0392. The fourth-order valence-electron chi connectivity index (χ4n) is 7.83. The molecule has 5 aromatic rings. The minimum Gasteiger partial charge on any atom is -0.497 e. The Kier molecular flexibility index (Phi) is 15.0. The number of rotatable bonds is 17. The van der Waals surface area contributed by atoms with Gasteiger partial charge in [0.1, 0.15) is 19.0 Å². The molecule has 306 valence electrons. The van der Waals surface area contributed by atoms with E-state index in [0.29, 0.717) is 81.1 Å². The van der Waals surface area contributed by atoms with Gasteiger partial charge in [-0.05, 0) is 114 Å². The van der Waals surface area contributed by atoms with Crippen LogP contribution in [0.5, 0.6) is 5.75 Å². The molecule has 1 fully saturated rings. The van der Waals surface area contributed by atoms with Crippen LogP contribution < -0.4 is 10.5 Å². The molecule has 1 aliphatic rings. The normalized spacial score (nSPS) is 13.3. The van der Waals surface area contributed by atoms with E-state index in [2.05, 4.69) is 32.7 Å². The van der Waals surface area contributed by atoms with E-state index in [9.17, 15) is 14.4 Å². The summed E-state index contributed by atoms with van der Waals surface area (Å²) in [6.45, 7) is 7.25. The van der Waals surface area contributed by atoms with Crippen LogP contribution in [0.1, 0.15) is 82.1 Å². The van der Waals surface area contributed by atoms with Crippen molar-refractivity contribution in [2.45, 2.75) is 71.5 Å². The maximum absolute atomic E-state index is 13.7. The minimum atomic E-state index is -0.426. The van der Waals surface area contributed by atoms with Crippen LogP contribution in [0.2, 0.25) is 5.02 Å². The molecule has 58 heavy (non-hydrogen) atoms. The van der Waals surface area contributed by atoms with Gasteiger partial charge in [-0.25, -0.2) is 4.79 Å². The Morgan fingerprint density at radius 1 is 0.879 bits per heavy atom. The molecule has 0 spiro atoms. The summed E-state index contributed by atoms with van der Waals surface area (Å²) in [4.78, 5) is 45.1. The van der Waals surface area contributed by atoms with Gasteiger partial charge in [-0.15, -0.1) is 0 Å². The first-order valence-electron chi connectivity index (χ1n) is 19.9. The third-order valence-corrected chi connectivity index (χ3v) is 11.9. The van der Waals surface area contributed by atoms with Crippen LogP contribution in [0.4, 0.5) is 5.69 Å². The zero-order chi connectivity index (χ0) is 41.2. The second-order valence-electron chi connectivity index (χ2n) is 14.8. The van der Waals surface area contributed by atoms with Crippen LogP contribution in [-0.2, 0) is 33.8 Å². The van der Waals surface area contributed by atoms with E-state index < -0.39 is 11.9 Å². The molecule has 0 bridgehead atoms. The molecule has 2 N–H and O–H groups in total. The number of fused-ring (bicyclic) bond motifs is 1. The average molecular weight is 872 g/mol. The van der Waals surface area contributed by atoms with E-state index in [1.165, 1.54) is 32.1 Å². The number of hydrogen-bond acceptors (Lipinski definition) is 9. The summed E-state index contributed by atoms with van der Waals surface area (Å²) >= 11 is 9.66. The van der Waals surface area contributed by atoms with E-state index in [4.69, 9.17) is 31.5 Å². The highest BCUT2D eigenvalue weighted by Gasteiger charge is 2.24. The number of hydrogen-bond donors (Lipinski definition) is 1. The Labute approximate surface area is 354 Å². The first-order valence-corrected chi connectivity index (χ1v) is 21.1. The fraction of sp³-hybridized carbons (Fsp3) is 0.370. The first kappa shape index (κ1) is 42.9. The molecule has 6 rings (SSSR count). The van der Waals surface area contributed by atoms with Crippen LogP contribution in [0, 0.1) is 6.92 Å². The van der Waals surface area contributed by atoms with Crippen molar-refractivity contribution in [3.8, 4) is 5.75 Å². The van der Waals surface area contributed by atoms with E-state index in [-0.39, 0.29) is 25.5 Å². The van der Waals surface area contributed by atoms with Crippen molar-refractivity contribution in [1.29, 1.82) is 0 Å². The van der Waals surface area contributed by atoms with Crippen LogP contribution in [0.25, 0.3) is 10.9 Å². The number of aromatic nitrogens is 1. The fourth-order valence-corrected chi connectivity index (χ4v) is 8.46. The standard InChI is InChI=1S/C46H52BrClN4O6/c1-4-51(37-13-9-6-10-14-37)30-35-25-34(26-41(47)44(35)49)46(55)58-24-22-50(29-32-11-7-5-8-12-32)21-23-57-43(53)28-39-31(2)52(42-20-19-38(56-3)27-40(39)42)45(54)33-15-17-36(48)18-16-33/h5,7-8,11-12,15-20,25-27,37H,4,6,9-10,13-14,21-24,28-30,49H2,1-3H3. The summed E-state index contributed by atoms with van der Waals surface area (Å²) in [6, 6.07) is 26.2. The number of esters is 2. The Morgan fingerprint density at radius 2 is 1.59 bits per heavy atom. The van der Waals surface area contributed by atoms with E-state index in [0.717, 1.165) is 23.1 Å². The molecule has 1 heterocycles. The third kappa shape index (κ3) is 10.7. The molecular formula is C46H52BrClN4O6. The second-order valence-corrected chi connectivity index (χ2v) is 16.1. The van der Waals surface area contributed by atoms with Gasteiger partial charge in [-0.2, -0.15) is 0 Å². The van der Waals surface area contributed by atoms with E-state index in [1.807, 2.05) is 55.5 Å². The van der Waals surface area contributed by atoms with Crippen LogP contribution in [-0.4, -0.2) is 78.2 Å². The van der Waals surface area contributed by atoms with Gasteiger partial charge in [0.2, 0.25) is 0 Å². The highest BCUT2D eigenvalue weighted by atomic mass is 79.9. The largest absolute Gasteiger partial charge is 0.497 e. The number of nitrogen functional groups attached to an aromatic ring is 1. The number of ether oxygens (including phenoxy) is 3. The number of anilines is 1. The lowest BCUT2D eigenvalue weighted by molar-refractivity contribution is -0.143. The Balaban J connectivity index is 1.10. The van der Waals surface area contributed by atoms with Crippen LogP contribution >= 0.6 is 27.5 Å². The molecule has 1 aromatic heterocycles. The third-order valence-electron chi connectivity index (χ3n) is 11.0. The quantitative estimate of drug-likeness (QED) is 0.0722. The Bertz CT molecular complexity index is 2200.